The Kier molecular flexibility index (Phi) is 3.42. The second-order valence-electron chi connectivity index (χ2n) is 3.48. The van der Waals surface area contributed by atoms with E-state index in [1.54, 1.807) is 24.4 Å². The maximum absolute atomic E-state index is 10.7. The molecule has 0 bridgehead atoms. The molecule has 0 saturated carbocycles. The molecule has 0 unspecified atom stereocenters. The van der Waals surface area contributed by atoms with Crippen LogP contribution in [0, 0.1) is 10.1 Å². The van der Waals surface area contributed by atoms with Gasteiger partial charge in [0.15, 0.2) is 11.5 Å². The Morgan fingerprint density at radius 2 is 2.33 bits per heavy atom. The third-order valence-electron chi connectivity index (χ3n) is 2.33. The fourth-order valence-corrected chi connectivity index (χ4v) is 1.46. The molecule has 1 aromatic carbocycles. The molecule has 1 heterocycles. The number of hydrogen-bond donors (Lipinski definition) is 1. The molecule has 0 aliphatic carbocycles. The summed E-state index contributed by atoms with van der Waals surface area (Å²) in [7, 11) is 1.39. The van der Waals surface area contributed by atoms with Crippen molar-refractivity contribution < 1.29 is 14.2 Å². The van der Waals surface area contributed by atoms with Crippen LogP contribution in [0.4, 0.5) is 11.4 Å². The average molecular weight is 249 g/mol. The lowest BCUT2D eigenvalue weighted by atomic mass is 10.2. The number of anilines is 1. The van der Waals surface area contributed by atoms with Gasteiger partial charge in [0.25, 0.3) is 0 Å². The molecule has 1 aromatic heterocycles. The molecule has 0 amide bonds. The smallest absolute Gasteiger partial charge is 0.311 e. The van der Waals surface area contributed by atoms with Crippen molar-refractivity contribution in [2.75, 3.05) is 12.4 Å². The predicted molar refractivity (Wildman–Crippen MR) is 63.5 cm³/mol. The van der Waals surface area contributed by atoms with Gasteiger partial charge in [0.1, 0.15) is 0 Å². The van der Waals surface area contributed by atoms with E-state index in [4.69, 9.17) is 9.26 Å². The lowest BCUT2D eigenvalue weighted by molar-refractivity contribution is -0.385. The van der Waals surface area contributed by atoms with E-state index in [0.717, 1.165) is 0 Å². The fraction of sp³-hybridized carbons (Fsp3) is 0.182. The van der Waals surface area contributed by atoms with E-state index in [1.165, 1.54) is 13.2 Å². The SMILES string of the molecule is COc1cc(NCc2ccno2)ccc1[N+](=O)[O-]. The minimum Gasteiger partial charge on any atom is -0.490 e. The highest BCUT2D eigenvalue weighted by Crippen LogP contribution is 2.29. The molecule has 0 aliphatic heterocycles. The van der Waals surface area contributed by atoms with Gasteiger partial charge < -0.3 is 14.6 Å². The predicted octanol–water partition coefficient (Wildman–Crippen LogP) is 2.20. The van der Waals surface area contributed by atoms with Crippen molar-refractivity contribution in [1.29, 1.82) is 0 Å². The number of aromatic nitrogens is 1. The Morgan fingerprint density at radius 3 is 2.94 bits per heavy atom. The van der Waals surface area contributed by atoms with Gasteiger partial charge in [-0.15, -0.1) is 0 Å². The van der Waals surface area contributed by atoms with E-state index in [9.17, 15) is 10.1 Å². The zero-order valence-electron chi connectivity index (χ0n) is 9.62. The van der Waals surface area contributed by atoms with Crippen molar-refractivity contribution in [1.82, 2.24) is 5.16 Å². The van der Waals surface area contributed by atoms with Crippen LogP contribution in [0.2, 0.25) is 0 Å². The van der Waals surface area contributed by atoms with Gasteiger partial charge in [0.2, 0.25) is 0 Å². The first-order valence-electron chi connectivity index (χ1n) is 5.16. The first kappa shape index (κ1) is 11.9. The Morgan fingerprint density at radius 1 is 1.50 bits per heavy atom. The summed E-state index contributed by atoms with van der Waals surface area (Å²) in [6, 6.07) is 6.29. The molecule has 1 N–H and O–H groups in total. The van der Waals surface area contributed by atoms with E-state index in [-0.39, 0.29) is 11.4 Å². The Balaban J connectivity index is 2.12. The minimum atomic E-state index is -0.487. The molecule has 0 spiro atoms. The first-order chi connectivity index (χ1) is 8.70. The number of methoxy groups -OCH3 is 1. The Bertz CT molecular complexity index is 539. The minimum absolute atomic E-state index is 0.0669. The average Bonchev–Trinajstić information content (AvgIpc) is 2.88. The highest BCUT2D eigenvalue weighted by Gasteiger charge is 2.14. The number of nitro groups is 1. The summed E-state index contributed by atoms with van der Waals surface area (Å²) in [5.41, 5.74) is 0.636. The normalized spacial score (nSPS) is 10.1. The van der Waals surface area contributed by atoms with Crippen molar-refractivity contribution in [3.05, 3.63) is 46.3 Å². The quantitative estimate of drug-likeness (QED) is 0.645. The number of ether oxygens (including phenoxy) is 1. The lowest BCUT2D eigenvalue weighted by Crippen LogP contribution is -2.00. The molecule has 0 radical (unpaired) electrons. The molecular weight excluding hydrogens is 238 g/mol. The summed E-state index contributed by atoms with van der Waals surface area (Å²) in [5.74, 6) is 0.884. The van der Waals surface area contributed by atoms with Gasteiger partial charge in [0, 0.05) is 23.9 Å². The Labute approximate surface area is 103 Å². The number of nitrogens with zero attached hydrogens (tertiary/aromatic N) is 2. The topological polar surface area (TPSA) is 90.4 Å². The van der Waals surface area contributed by atoms with Gasteiger partial charge in [-0.2, -0.15) is 0 Å². The standard InChI is InChI=1S/C11H11N3O4/c1-17-11-6-8(2-3-10(11)14(15)16)12-7-9-4-5-13-18-9/h2-6,12H,7H2,1H3. The van der Waals surface area contributed by atoms with Gasteiger partial charge in [-0.05, 0) is 6.07 Å². The van der Waals surface area contributed by atoms with Gasteiger partial charge >= 0.3 is 5.69 Å². The van der Waals surface area contributed by atoms with Crippen molar-refractivity contribution in [2.45, 2.75) is 6.54 Å². The molecule has 0 atom stereocenters. The Hall–Kier alpha value is -2.57. The molecule has 18 heavy (non-hydrogen) atoms. The first-order valence-corrected chi connectivity index (χ1v) is 5.16. The molecule has 7 nitrogen and oxygen atoms in total. The van der Waals surface area contributed by atoms with Gasteiger partial charge in [-0.25, -0.2) is 0 Å². The van der Waals surface area contributed by atoms with Crippen LogP contribution < -0.4 is 10.1 Å². The number of hydrogen-bond acceptors (Lipinski definition) is 6. The van der Waals surface area contributed by atoms with Crippen LogP contribution in [0.25, 0.3) is 0 Å². The van der Waals surface area contributed by atoms with Gasteiger partial charge in [-0.3, -0.25) is 10.1 Å². The molecule has 0 aliphatic rings. The van der Waals surface area contributed by atoms with Crippen LogP contribution in [0.3, 0.4) is 0 Å². The second-order valence-corrected chi connectivity index (χ2v) is 3.48. The third-order valence-corrected chi connectivity index (χ3v) is 2.33. The zero-order chi connectivity index (χ0) is 13.0. The van der Waals surface area contributed by atoms with Gasteiger partial charge in [0.05, 0.1) is 24.8 Å². The van der Waals surface area contributed by atoms with Crippen LogP contribution in [0.15, 0.2) is 35.0 Å². The summed E-state index contributed by atoms with van der Waals surface area (Å²) >= 11 is 0. The van der Waals surface area contributed by atoms with E-state index >= 15 is 0 Å². The van der Waals surface area contributed by atoms with Crippen molar-refractivity contribution in [3.63, 3.8) is 0 Å². The molecule has 2 rings (SSSR count). The van der Waals surface area contributed by atoms with Crippen LogP contribution in [-0.4, -0.2) is 17.2 Å². The molecule has 94 valence electrons. The zero-order valence-corrected chi connectivity index (χ0v) is 9.62. The summed E-state index contributed by atoms with van der Waals surface area (Å²) in [5, 5.41) is 17.3. The molecule has 7 heteroatoms. The molecular formula is C11H11N3O4. The third kappa shape index (κ3) is 2.57. The highest BCUT2D eigenvalue weighted by atomic mass is 16.6. The van der Waals surface area contributed by atoms with Crippen LogP contribution in [-0.2, 0) is 6.54 Å². The van der Waals surface area contributed by atoms with Crippen molar-refractivity contribution in [3.8, 4) is 5.75 Å². The molecule has 2 aromatic rings. The summed E-state index contributed by atoms with van der Waals surface area (Å²) in [6.45, 7) is 0.445. The van der Waals surface area contributed by atoms with E-state index in [1.807, 2.05) is 0 Å². The van der Waals surface area contributed by atoms with Crippen LogP contribution >= 0.6 is 0 Å². The van der Waals surface area contributed by atoms with E-state index in [0.29, 0.717) is 18.0 Å². The molecule has 0 saturated heterocycles. The van der Waals surface area contributed by atoms with Crippen LogP contribution in [0.1, 0.15) is 5.76 Å². The fourth-order valence-electron chi connectivity index (χ4n) is 1.46. The molecule has 0 fully saturated rings. The summed E-state index contributed by atoms with van der Waals surface area (Å²) in [6.07, 6.45) is 1.55. The van der Waals surface area contributed by atoms with Crippen LogP contribution in [0.5, 0.6) is 5.75 Å². The maximum atomic E-state index is 10.7. The van der Waals surface area contributed by atoms with E-state index in [2.05, 4.69) is 10.5 Å². The van der Waals surface area contributed by atoms with Gasteiger partial charge in [-0.1, -0.05) is 5.16 Å². The monoisotopic (exact) mass is 249 g/mol. The number of benzene rings is 1. The van der Waals surface area contributed by atoms with E-state index < -0.39 is 4.92 Å². The van der Waals surface area contributed by atoms with Crippen molar-refractivity contribution >= 4 is 11.4 Å². The summed E-state index contributed by atoms with van der Waals surface area (Å²) < 4.78 is 9.89. The highest BCUT2D eigenvalue weighted by molar-refractivity contribution is 5.57. The largest absolute Gasteiger partial charge is 0.490 e. The number of rotatable bonds is 5. The lowest BCUT2D eigenvalue weighted by Gasteiger charge is -2.06. The number of nitrogens with one attached hydrogen (secondary N) is 1. The van der Waals surface area contributed by atoms with Crippen molar-refractivity contribution in [2.24, 2.45) is 0 Å². The number of nitro benzene ring substituents is 1. The summed E-state index contributed by atoms with van der Waals surface area (Å²) in [4.78, 5) is 10.2. The maximum Gasteiger partial charge on any atom is 0.311 e. The second kappa shape index (κ2) is 5.17.